The summed E-state index contributed by atoms with van der Waals surface area (Å²) in [5.41, 5.74) is -0.273. The molecule has 1 aliphatic heterocycles. The normalized spacial score (nSPS) is 17.6. The quantitative estimate of drug-likeness (QED) is 0.410. The Morgan fingerprint density at radius 3 is 2.54 bits per heavy atom. The largest absolute Gasteiger partial charge is 0.573 e. The van der Waals surface area contributed by atoms with E-state index < -0.39 is 51.2 Å². The number of H-pyrrole nitrogens is 1. The first-order valence-electron chi connectivity index (χ1n) is 9.75. The van der Waals surface area contributed by atoms with E-state index in [4.69, 9.17) is 0 Å². The van der Waals surface area contributed by atoms with Crippen LogP contribution < -0.4 is 15.2 Å². The highest BCUT2D eigenvalue weighted by Crippen LogP contribution is 2.31. The number of alkyl halides is 3. The summed E-state index contributed by atoms with van der Waals surface area (Å²) >= 11 is 0.938. The number of carboxylic acid groups (broad SMARTS) is 1. The van der Waals surface area contributed by atoms with Gasteiger partial charge in [0.2, 0.25) is 10.0 Å². The van der Waals surface area contributed by atoms with E-state index in [1.807, 2.05) is 0 Å². The Morgan fingerprint density at radius 2 is 1.94 bits per heavy atom. The third kappa shape index (κ3) is 4.93. The minimum Gasteiger partial charge on any atom is -0.480 e. The van der Waals surface area contributed by atoms with E-state index in [-0.39, 0.29) is 40.7 Å². The second-order valence-electron chi connectivity index (χ2n) is 7.27. The predicted molar refractivity (Wildman–Crippen MR) is 115 cm³/mol. The fourth-order valence-corrected chi connectivity index (χ4v) is 6.08. The number of halogens is 3. The van der Waals surface area contributed by atoms with Crippen molar-refractivity contribution in [2.45, 2.75) is 23.9 Å². The Balaban J connectivity index is 1.60. The van der Waals surface area contributed by atoms with E-state index in [1.54, 1.807) is 0 Å². The van der Waals surface area contributed by atoms with Crippen LogP contribution in [0.4, 0.5) is 18.3 Å². The highest BCUT2D eigenvalue weighted by atomic mass is 32.2. The molecule has 2 aromatic heterocycles. The Bertz CT molecular complexity index is 1420. The van der Waals surface area contributed by atoms with Crippen molar-refractivity contribution in [1.29, 1.82) is 0 Å². The van der Waals surface area contributed by atoms with E-state index >= 15 is 0 Å². The number of thiazole rings is 1. The number of sulfonamides is 1. The minimum atomic E-state index is -4.95. The van der Waals surface area contributed by atoms with Gasteiger partial charge in [-0.25, -0.2) is 18.5 Å². The van der Waals surface area contributed by atoms with E-state index in [2.05, 4.69) is 19.9 Å². The molecule has 4 rings (SSSR count). The molecule has 188 valence electrons. The van der Waals surface area contributed by atoms with Crippen molar-refractivity contribution in [2.24, 2.45) is 0 Å². The van der Waals surface area contributed by atoms with Crippen LogP contribution in [0, 0.1) is 0 Å². The summed E-state index contributed by atoms with van der Waals surface area (Å²) in [7, 11) is -4.39. The highest BCUT2D eigenvalue weighted by molar-refractivity contribution is 7.89. The molecule has 0 saturated carbocycles. The number of aliphatic hydroxyl groups is 1. The number of hydrogen-bond acceptors (Lipinski definition) is 10. The first kappa shape index (κ1) is 24.8. The molecule has 0 radical (unpaired) electrons. The summed E-state index contributed by atoms with van der Waals surface area (Å²) in [6, 6.07) is 1.87. The first-order chi connectivity index (χ1) is 16.4. The zero-order chi connectivity index (χ0) is 25.5. The van der Waals surface area contributed by atoms with Crippen molar-refractivity contribution in [3.8, 4) is 5.75 Å². The molecule has 17 heteroatoms. The van der Waals surface area contributed by atoms with E-state index in [0.717, 1.165) is 39.9 Å². The van der Waals surface area contributed by atoms with E-state index in [0.29, 0.717) is 0 Å². The molecule has 1 fully saturated rings. The first-order valence-corrected chi connectivity index (χ1v) is 12.0. The van der Waals surface area contributed by atoms with Crippen LogP contribution in [0.1, 0.15) is 5.69 Å². The van der Waals surface area contributed by atoms with E-state index in [9.17, 15) is 41.4 Å². The number of benzene rings is 1. The molecule has 1 aromatic carbocycles. The zero-order valence-corrected chi connectivity index (χ0v) is 19.0. The maximum absolute atomic E-state index is 13.1. The summed E-state index contributed by atoms with van der Waals surface area (Å²) in [6.07, 6.45) is -4.95. The van der Waals surface area contributed by atoms with Crippen molar-refractivity contribution in [3.05, 3.63) is 40.3 Å². The van der Waals surface area contributed by atoms with Crippen molar-refractivity contribution in [1.82, 2.24) is 19.5 Å². The third-order valence-corrected chi connectivity index (χ3v) is 8.13. The Hall–Kier alpha value is -3.28. The van der Waals surface area contributed by atoms with Gasteiger partial charge in [0, 0.05) is 19.6 Å². The molecule has 3 N–H and O–H groups in total. The van der Waals surface area contributed by atoms with Crippen LogP contribution in [0.2, 0.25) is 0 Å². The number of anilines is 1. The number of nitrogens with one attached hydrogen (secondary N) is 1. The number of aromatic amines is 1. The summed E-state index contributed by atoms with van der Waals surface area (Å²) in [6.45, 7) is -1.08. The SMILES string of the molecule is O=C(O)[C@H]1CN(c2nc3c(CO)n[nH]c(=O)c3s2)CCN1S(=O)(=O)c1ccc(OC(F)(F)F)cc1. The van der Waals surface area contributed by atoms with Crippen LogP contribution in [-0.4, -0.2) is 76.1 Å². The van der Waals surface area contributed by atoms with Gasteiger partial charge in [0.05, 0.1) is 11.5 Å². The van der Waals surface area contributed by atoms with Gasteiger partial charge in [0.1, 0.15) is 27.7 Å². The van der Waals surface area contributed by atoms with Crippen LogP contribution in [-0.2, 0) is 21.4 Å². The summed E-state index contributed by atoms with van der Waals surface area (Å²) in [5, 5.41) is 25.3. The smallest absolute Gasteiger partial charge is 0.480 e. The fraction of sp³-hybridized carbons (Fsp3) is 0.333. The number of piperazine rings is 1. The molecule has 3 aromatic rings. The number of aliphatic carboxylic acids is 1. The number of aliphatic hydroxyl groups excluding tert-OH is 1. The number of ether oxygens (including phenoxy) is 1. The molecule has 0 aliphatic carbocycles. The maximum Gasteiger partial charge on any atom is 0.573 e. The van der Waals surface area contributed by atoms with Gasteiger partial charge in [0.15, 0.2) is 5.13 Å². The van der Waals surface area contributed by atoms with Gasteiger partial charge in [-0.1, -0.05) is 11.3 Å². The van der Waals surface area contributed by atoms with Crippen LogP contribution in [0.3, 0.4) is 0 Å². The lowest BCUT2D eigenvalue weighted by atomic mass is 10.2. The monoisotopic (exact) mass is 535 g/mol. The number of fused-ring (bicyclic) bond motifs is 1. The van der Waals surface area contributed by atoms with Gasteiger partial charge in [-0.15, -0.1) is 13.2 Å². The van der Waals surface area contributed by atoms with E-state index in [1.165, 1.54) is 4.90 Å². The van der Waals surface area contributed by atoms with Crippen LogP contribution >= 0.6 is 11.3 Å². The summed E-state index contributed by atoms with van der Waals surface area (Å²) in [5.74, 6) is -2.08. The Morgan fingerprint density at radius 1 is 1.26 bits per heavy atom. The molecule has 1 saturated heterocycles. The average Bonchev–Trinajstić information content (AvgIpc) is 3.25. The number of nitrogens with zero attached hydrogens (tertiary/aromatic N) is 4. The predicted octanol–water partition coefficient (Wildman–Crippen LogP) is 0.735. The zero-order valence-electron chi connectivity index (χ0n) is 17.4. The summed E-state index contributed by atoms with van der Waals surface area (Å²) in [4.78, 5) is 29.4. The number of carboxylic acids is 1. The Labute approximate surface area is 198 Å². The topological polar surface area (TPSA) is 166 Å². The molecule has 0 unspecified atom stereocenters. The fourth-order valence-electron chi connectivity index (χ4n) is 3.50. The molecule has 0 spiro atoms. The molecule has 12 nitrogen and oxygen atoms in total. The summed E-state index contributed by atoms with van der Waals surface area (Å²) < 4.78 is 67.9. The van der Waals surface area contributed by atoms with Crippen molar-refractivity contribution < 1.29 is 41.3 Å². The molecule has 3 heterocycles. The average molecular weight is 535 g/mol. The van der Waals surface area contributed by atoms with Gasteiger partial charge in [0.25, 0.3) is 5.56 Å². The number of carbonyl (C=O) groups is 1. The van der Waals surface area contributed by atoms with Crippen molar-refractivity contribution in [2.75, 3.05) is 24.5 Å². The molecular weight excluding hydrogens is 519 g/mol. The molecule has 35 heavy (non-hydrogen) atoms. The number of rotatable bonds is 6. The maximum atomic E-state index is 13.1. The van der Waals surface area contributed by atoms with Gasteiger partial charge in [-0.2, -0.15) is 9.40 Å². The molecule has 0 bridgehead atoms. The molecule has 0 amide bonds. The van der Waals surface area contributed by atoms with Gasteiger partial charge in [-0.05, 0) is 24.3 Å². The second-order valence-corrected chi connectivity index (χ2v) is 10.1. The number of aromatic nitrogens is 3. The van der Waals surface area contributed by atoms with Crippen molar-refractivity contribution >= 4 is 42.7 Å². The van der Waals surface area contributed by atoms with Crippen LogP contribution in [0.25, 0.3) is 10.2 Å². The second kappa shape index (κ2) is 9.06. The molecular formula is C18H16F3N5O7S2. The Kier molecular flexibility index (Phi) is 6.43. The lowest BCUT2D eigenvalue weighted by molar-refractivity contribution is -0.274. The lowest BCUT2D eigenvalue weighted by Crippen LogP contribution is -2.58. The van der Waals surface area contributed by atoms with Crippen LogP contribution in [0.5, 0.6) is 5.75 Å². The number of hydrogen-bond donors (Lipinski definition) is 3. The van der Waals surface area contributed by atoms with Crippen LogP contribution in [0.15, 0.2) is 34.0 Å². The highest BCUT2D eigenvalue weighted by Gasteiger charge is 2.41. The molecule has 1 atom stereocenters. The van der Waals surface area contributed by atoms with Gasteiger partial charge in [-0.3, -0.25) is 9.59 Å². The standard InChI is InChI=1S/C18H16F3N5O7S2/c19-18(20,21)33-9-1-3-10(4-2-9)35(31,32)26-6-5-25(7-12(26)16(29)30)17-22-13-11(8-27)23-24-15(28)14(13)34-17/h1-4,12,27H,5-8H2,(H,24,28)(H,29,30)/t12-/m1/s1. The van der Waals surface area contributed by atoms with Gasteiger partial charge < -0.3 is 19.8 Å². The molecule has 1 aliphatic rings. The van der Waals surface area contributed by atoms with Crippen molar-refractivity contribution in [3.63, 3.8) is 0 Å². The lowest BCUT2D eigenvalue weighted by Gasteiger charge is -2.38. The third-order valence-electron chi connectivity index (χ3n) is 5.09. The minimum absolute atomic E-state index is 0.0118. The van der Waals surface area contributed by atoms with Gasteiger partial charge >= 0.3 is 12.3 Å².